The fraction of sp³-hybridized carbons (Fsp3) is 0. The number of aromatic nitrogens is 4. The smallest absolute Gasteiger partial charge is 0.0716 e. The molecule has 4 nitrogen and oxygen atoms in total. The van der Waals surface area contributed by atoms with Crippen LogP contribution in [-0.4, -0.2) is 19.9 Å². The second-order valence-corrected chi connectivity index (χ2v) is 6.36. The zero-order valence-corrected chi connectivity index (χ0v) is 15.0. The van der Waals surface area contributed by atoms with Crippen molar-refractivity contribution in [1.29, 1.82) is 0 Å². The maximum atomic E-state index is 4.61. The molecule has 4 heteroatoms. The van der Waals surface area contributed by atoms with E-state index in [1.807, 2.05) is 97.6 Å². The molecule has 1 aliphatic carbocycles. The highest BCUT2D eigenvalue weighted by Gasteiger charge is 2.35. The summed E-state index contributed by atoms with van der Waals surface area (Å²) in [5.41, 5.74) is 7.84. The number of hydrogen-bond acceptors (Lipinski definition) is 4. The maximum Gasteiger partial charge on any atom is 0.0716 e. The van der Waals surface area contributed by atoms with Crippen molar-refractivity contribution in [2.24, 2.45) is 0 Å². The second-order valence-electron chi connectivity index (χ2n) is 6.36. The fourth-order valence-electron chi connectivity index (χ4n) is 3.50. The molecule has 0 unspecified atom stereocenters. The topological polar surface area (TPSA) is 51.6 Å². The third-order valence-electron chi connectivity index (χ3n) is 4.68. The van der Waals surface area contributed by atoms with Gasteiger partial charge in [-0.3, -0.25) is 19.9 Å². The lowest BCUT2D eigenvalue weighted by Gasteiger charge is -2.30. The van der Waals surface area contributed by atoms with Crippen LogP contribution < -0.4 is 0 Å². The predicted molar refractivity (Wildman–Crippen MR) is 111 cm³/mol. The Morgan fingerprint density at radius 3 is 0.750 bits per heavy atom. The van der Waals surface area contributed by atoms with Crippen molar-refractivity contribution in [2.75, 3.05) is 0 Å². The monoisotopic (exact) mass is 360 g/mol. The Bertz CT molecular complexity index is 963. The highest BCUT2D eigenvalue weighted by molar-refractivity contribution is 6.42. The Labute approximate surface area is 163 Å². The average Bonchev–Trinajstić information content (AvgIpc) is 2.76. The number of rotatable bonds is 4. The summed E-state index contributed by atoms with van der Waals surface area (Å²) in [5, 5.41) is 0. The first-order valence-corrected chi connectivity index (χ1v) is 9.08. The average molecular weight is 360 g/mol. The molecular weight excluding hydrogens is 344 g/mol. The van der Waals surface area contributed by atoms with E-state index in [1.54, 1.807) is 0 Å². The van der Waals surface area contributed by atoms with E-state index < -0.39 is 0 Å². The first-order valence-electron chi connectivity index (χ1n) is 9.08. The fourth-order valence-corrected chi connectivity index (χ4v) is 3.50. The minimum Gasteiger partial charge on any atom is -0.256 e. The van der Waals surface area contributed by atoms with Crippen LogP contribution in [0.3, 0.4) is 0 Å². The molecule has 0 atom stereocenters. The van der Waals surface area contributed by atoms with Gasteiger partial charge in [0.15, 0.2) is 0 Å². The van der Waals surface area contributed by atoms with Crippen LogP contribution in [0, 0.1) is 0 Å². The molecule has 132 valence electrons. The van der Waals surface area contributed by atoms with Gasteiger partial charge < -0.3 is 0 Å². The molecule has 0 bridgehead atoms. The first-order chi connectivity index (χ1) is 13.9. The Morgan fingerprint density at radius 1 is 0.321 bits per heavy atom. The molecule has 0 fully saturated rings. The largest absolute Gasteiger partial charge is 0.256 e. The molecule has 0 aromatic carbocycles. The third kappa shape index (κ3) is 2.72. The molecule has 4 aromatic heterocycles. The van der Waals surface area contributed by atoms with Gasteiger partial charge in [-0.25, -0.2) is 0 Å². The predicted octanol–water partition coefficient (Wildman–Crippen LogP) is 4.80. The minimum absolute atomic E-state index is 0.906. The zero-order chi connectivity index (χ0) is 18.8. The van der Waals surface area contributed by atoms with Crippen LogP contribution >= 0.6 is 0 Å². The van der Waals surface area contributed by atoms with Gasteiger partial charge >= 0.3 is 0 Å². The lowest BCUT2D eigenvalue weighted by Crippen LogP contribution is -2.13. The van der Waals surface area contributed by atoms with Gasteiger partial charge in [-0.15, -0.1) is 0 Å². The van der Waals surface area contributed by atoms with Crippen molar-refractivity contribution < 1.29 is 0 Å². The molecular formula is C24H16N4. The van der Waals surface area contributed by atoms with Gasteiger partial charge in [0.05, 0.1) is 22.8 Å². The maximum absolute atomic E-state index is 4.61. The van der Waals surface area contributed by atoms with Crippen molar-refractivity contribution in [3.63, 3.8) is 0 Å². The summed E-state index contributed by atoms with van der Waals surface area (Å²) >= 11 is 0. The summed E-state index contributed by atoms with van der Waals surface area (Å²) < 4.78 is 0. The SMILES string of the molecule is c1ccc(C2=C(c3ccccn3)C(c3ccccn3)=C2c2ccccn2)nc1. The highest BCUT2D eigenvalue weighted by atomic mass is 14.8. The highest BCUT2D eigenvalue weighted by Crippen LogP contribution is 2.54. The van der Waals surface area contributed by atoms with E-state index in [9.17, 15) is 0 Å². The molecule has 4 aromatic rings. The van der Waals surface area contributed by atoms with E-state index in [0.29, 0.717) is 0 Å². The second kappa shape index (κ2) is 7.00. The summed E-state index contributed by atoms with van der Waals surface area (Å²) in [6, 6.07) is 23.8. The Kier molecular flexibility index (Phi) is 4.07. The van der Waals surface area contributed by atoms with E-state index in [2.05, 4.69) is 19.9 Å². The summed E-state index contributed by atoms with van der Waals surface area (Å²) in [6.45, 7) is 0. The molecule has 0 saturated carbocycles. The molecule has 0 saturated heterocycles. The Morgan fingerprint density at radius 2 is 0.571 bits per heavy atom. The van der Waals surface area contributed by atoms with Crippen LogP contribution in [0.2, 0.25) is 0 Å². The van der Waals surface area contributed by atoms with Gasteiger partial charge in [0.25, 0.3) is 0 Å². The normalized spacial score (nSPS) is 13.4. The van der Waals surface area contributed by atoms with Gasteiger partial charge in [-0.05, 0) is 48.5 Å². The van der Waals surface area contributed by atoms with Crippen molar-refractivity contribution in [3.8, 4) is 0 Å². The summed E-state index contributed by atoms with van der Waals surface area (Å²) in [7, 11) is 0. The lowest BCUT2D eigenvalue weighted by molar-refractivity contribution is 1.22. The number of hydrogen-bond donors (Lipinski definition) is 0. The molecule has 28 heavy (non-hydrogen) atoms. The van der Waals surface area contributed by atoms with Crippen LogP contribution in [-0.2, 0) is 0 Å². The van der Waals surface area contributed by atoms with Crippen LogP contribution in [0.5, 0.6) is 0 Å². The quantitative estimate of drug-likeness (QED) is 0.524. The van der Waals surface area contributed by atoms with Crippen molar-refractivity contribution >= 4 is 22.3 Å². The molecule has 0 spiro atoms. The summed E-state index contributed by atoms with van der Waals surface area (Å²) in [4.78, 5) is 18.4. The summed E-state index contributed by atoms with van der Waals surface area (Å²) in [5.74, 6) is 0. The standard InChI is InChI=1S/C24H16N4/c1-5-13-25-17(9-1)21-22(18-10-2-6-14-26-18)24(20-12-4-8-16-28-20)23(21)19-11-3-7-15-27-19/h1-16H. The van der Waals surface area contributed by atoms with Gasteiger partial charge in [-0.2, -0.15) is 0 Å². The molecule has 0 amide bonds. The van der Waals surface area contributed by atoms with E-state index in [1.165, 1.54) is 0 Å². The molecule has 1 aliphatic rings. The van der Waals surface area contributed by atoms with Gasteiger partial charge in [-0.1, -0.05) is 24.3 Å². The molecule has 0 aliphatic heterocycles. The van der Waals surface area contributed by atoms with Crippen LogP contribution in [0.25, 0.3) is 22.3 Å². The van der Waals surface area contributed by atoms with E-state index in [0.717, 1.165) is 45.1 Å². The Balaban J connectivity index is 1.80. The lowest BCUT2D eigenvalue weighted by atomic mass is 9.74. The summed E-state index contributed by atoms with van der Waals surface area (Å²) in [6.07, 6.45) is 7.25. The molecule has 5 rings (SSSR count). The molecule has 4 heterocycles. The van der Waals surface area contributed by atoms with Crippen molar-refractivity contribution in [3.05, 3.63) is 120 Å². The van der Waals surface area contributed by atoms with Crippen LogP contribution in [0.1, 0.15) is 22.8 Å². The molecule has 0 radical (unpaired) electrons. The van der Waals surface area contributed by atoms with Crippen molar-refractivity contribution in [2.45, 2.75) is 0 Å². The van der Waals surface area contributed by atoms with Crippen LogP contribution in [0.15, 0.2) is 97.6 Å². The van der Waals surface area contributed by atoms with E-state index in [4.69, 9.17) is 0 Å². The van der Waals surface area contributed by atoms with Gasteiger partial charge in [0, 0.05) is 47.1 Å². The first kappa shape index (κ1) is 16.3. The number of nitrogens with zero attached hydrogens (tertiary/aromatic N) is 4. The van der Waals surface area contributed by atoms with Gasteiger partial charge in [0.2, 0.25) is 0 Å². The van der Waals surface area contributed by atoms with E-state index in [-0.39, 0.29) is 0 Å². The van der Waals surface area contributed by atoms with Gasteiger partial charge in [0.1, 0.15) is 0 Å². The van der Waals surface area contributed by atoms with Crippen molar-refractivity contribution in [1.82, 2.24) is 19.9 Å². The molecule has 0 N–H and O–H groups in total. The van der Waals surface area contributed by atoms with Crippen LogP contribution in [0.4, 0.5) is 0 Å². The zero-order valence-electron chi connectivity index (χ0n) is 15.0. The third-order valence-corrected chi connectivity index (χ3v) is 4.68. The minimum atomic E-state index is 0.906. The Hall–Kier alpha value is -3.92. The van der Waals surface area contributed by atoms with E-state index >= 15 is 0 Å². The number of pyridine rings is 4. The number of allylic oxidation sites excluding steroid dienone is 4.